The molecular formula is C11H13IN4O. The van der Waals surface area contributed by atoms with E-state index in [1.54, 1.807) is 0 Å². The lowest BCUT2D eigenvalue weighted by Gasteiger charge is -2.33. The molecule has 0 atom stereocenters. The smallest absolute Gasteiger partial charge is 0.152 e. The van der Waals surface area contributed by atoms with Crippen LogP contribution in [0.2, 0.25) is 0 Å². The SMILES string of the molecule is Nc1ncnc2c(C3CC(CO)C3)cn(I)c12. The van der Waals surface area contributed by atoms with E-state index in [9.17, 15) is 0 Å². The number of nitrogens with two attached hydrogens (primary N) is 1. The van der Waals surface area contributed by atoms with E-state index in [2.05, 4.69) is 39.0 Å². The molecule has 0 saturated heterocycles. The van der Waals surface area contributed by atoms with Gasteiger partial charge in [0.1, 0.15) is 11.8 Å². The van der Waals surface area contributed by atoms with Crippen LogP contribution in [0.5, 0.6) is 0 Å². The summed E-state index contributed by atoms with van der Waals surface area (Å²) in [6, 6.07) is 0. The van der Waals surface area contributed by atoms with Gasteiger partial charge in [-0.25, -0.2) is 9.97 Å². The number of nitrogen functional groups attached to an aromatic ring is 1. The molecular weight excluding hydrogens is 331 g/mol. The van der Waals surface area contributed by atoms with E-state index in [-0.39, 0.29) is 6.61 Å². The summed E-state index contributed by atoms with van der Waals surface area (Å²) in [6.07, 6.45) is 5.67. The predicted molar refractivity (Wildman–Crippen MR) is 73.9 cm³/mol. The van der Waals surface area contributed by atoms with Crippen molar-refractivity contribution < 1.29 is 5.11 Å². The normalized spacial score (nSPS) is 23.9. The van der Waals surface area contributed by atoms with Crippen LogP contribution in [0.25, 0.3) is 11.0 Å². The fourth-order valence-electron chi connectivity index (χ4n) is 2.50. The highest BCUT2D eigenvalue weighted by atomic mass is 127. The van der Waals surface area contributed by atoms with Gasteiger partial charge in [0.25, 0.3) is 0 Å². The number of fused-ring (bicyclic) bond motifs is 1. The molecule has 17 heavy (non-hydrogen) atoms. The van der Waals surface area contributed by atoms with Crippen LogP contribution in [0.1, 0.15) is 24.3 Å². The molecule has 0 spiro atoms. The van der Waals surface area contributed by atoms with Crippen molar-refractivity contribution >= 4 is 39.7 Å². The number of nitrogens with zero attached hydrogens (tertiary/aromatic N) is 3. The molecule has 3 rings (SSSR count). The van der Waals surface area contributed by atoms with Crippen molar-refractivity contribution in [2.45, 2.75) is 18.8 Å². The molecule has 2 heterocycles. The first-order valence-corrected chi connectivity index (χ1v) is 6.55. The average Bonchev–Trinajstić information content (AvgIpc) is 2.56. The third-order valence-corrected chi connectivity index (χ3v) is 4.28. The number of aliphatic hydroxyl groups excluding tert-OH is 1. The van der Waals surface area contributed by atoms with Crippen molar-refractivity contribution in [1.29, 1.82) is 0 Å². The van der Waals surface area contributed by atoms with Gasteiger partial charge in [0, 0.05) is 18.4 Å². The van der Waals surface area contributed by atoms with Crippen molar-refractivity contribution in [3.05, 3.63) is 18.1 Å². The molecule has 1 aliphatic rings. The standard InChI is InChI=1S/C11H13IN4O/c12-16-3-8(7-1-6(2-7)4-17)9-10(16)11(13)15-5-14-9/h3,5-7,17H,1-2,4H2,(H2,13,14,15). The van der Waals surface area contributed by atoms with Crippen LogP contribution in [0.4, 0.5) is 5.82 Å². The zero-order chi connectivity index (χ0) is 12.0. The third kappa shape index (κ3) is 1.70. The Hall–Kier alpha value is -0.890. The maximum absolute atomic E-state index is 9.06. The predicted octanol–water partition coefficient (Wildman–Crippen LogP) is 1.70. The quantitative estimate of drug-likeness (QED) is 0.813. The number of rotatable bonds is 2. The Labute approximate surface area is 113 Å². The first-order valence-electron chi connectivity index (χ1n) is 5.59. The summed E-state index contributed by atoms with van der Waals surface area (Å²) in [7, 11) is 0. The molecule has 5 nitrogen and oxygen atoms in total. The molecule has 1 aliphatic carbocycles. The van der Waals surface area contributed by atoms with E-state index >= 15 is 0 Å². The van der Waals surface area contributed by atoms with Gasteiger partial charge in [0.15, 0.2) is 5.82 Å². The molecule has 1 fully saturated rings. The van der Waals surface area contributed by atoms with Crippen molar-refractivity contribution in [2.75, 3.05) is 12.3 Å². The van der Waals surface area contributed by atoms with E-state index in [1.165, 1.54) is 11.9 Å². The van der Waals surface area contributed by atoms with Crippen molar-refractivity contribution in [2.24, 2.45) is 5.92 Å². The van der Waals surface area contributed by atoms with Crippen LogP contribution in [-0.4, -0.2) is 24.5 Å². The van der Waals surface area contributed by atoms with Gasteiger partial charge in [0.05, 0.1) is 28.4 Å². The molecule has 0 aromatic carbocycles. The highest BCUT2D eigenvalue weighted by molar-refractivity contribution is 14.1. The minimum Gasteiger partial charge on any atom is -0.396 e. The Kier molecular flexibility index (Phi) is 2.70. The molecule has 0 amide bonds. The lowest BCUT2D eigenvalue weighted by atomic mass is 9.72. The number of hydrogen-bond donors (Lipinski definition) is 2. The molecule has 90 valence electrons. The zero-order valence-corrected chi connectivity index (χ0v) is 11.3. The molecule has 0 radical (unpaired) electrons. The van der Waals surface area contributed by atoms with Crippen LogP contribution in [0.3, 0.4) is 0 Å². The van der Waals surface area contributed by atoms with Crippen molar-refractivity contribution in [1.82, 2.24) is 12.7 Å². The minimum atomic E-state index is 0.288. The fourth-order valence-corrected chi connectivity index (χ4v) is 3.28. The van der Waals surface area contributed by atoms with Gasteiger partial charge in [-0.3, -0.25) is 2.78 Å². The molecule has 2 aromatic rings. The summed E-state index contributed by atoms with van der Waals surface area (Å²) in [5.41, 5.74) is 8.95. The highest BCUT2D eigenvalue weighted by Gasteiger charge is 2.32. The van der Waals surface area contributed by atoms with E-state index in [4.69, 9.17) is 10.8 Å². The summed E-state index contributed by atoms with van der Waals surface area (Å²) in [5, 5.41) is 9.06. The van der Waals surface area contributed by atoms with Crippen LogP contribution < -0.4 is 5.73 Å². The Morgan fingerprint density at radius 2 is 2.24 bits per heavy atom. The van der Waals surface area contributed by atoms with Gasteiger partial charge in [-0.05, 0) is 24.7 Å². The number of anilines is 1. The Morgan fingerprint density at radius 1 is 1.47 bits per heavy atom. The van der Waals surface area contributed by atoms with E-state index in [0.29, 0.717) is 17.7 Å². The highest BCUT2D eigenvalue weighted by Crippen LogP contribution is 2.44. The molecule has 1 saturated carbocycles. The van der Waals surface area contributed by atoms with Gasteiger partial charge in [-0.1, -0.05) is 0 Å². The maximum Gasteiger partial charge on any atom is 0.152 e. The summed E-state index contributed by atoms with van der Waals surface area (Å²) >= 11 is 2.20. The monoisotopic (exact) mass is 344 g/mol. The van der Waals surface area contributed by atoms with Crippen LogP contribution >= 0.6 is 22.9 Å². The Balaban J connectivity index is 2.04. The number of halogens is 1. The second-order valence-corrected chi connectivity index (χ2v) is 5.61. The fraction of sp³-hybridized carbons (Fsp3) is 0.455. The largest absolute Gasteiger partial charge is 0.396 e. The van der Waals surface area contributed by atoms with Crippen molar-refractivity contribution in [3.8, 4) is 0 Å². The van der Waals surface area contributed by atoms with Gasteiger partial charge in [0.2, 0.25) is 0 Å². The molecule has 0 aliphatic heterocycles. The van der Waals surface area contributed by atoms with Crippen LogP contribution in [0.15, 0.2) is 12.5 Å². The van der Waals surface area contributed by atoms with Gasteiger partial charge in [-0.15, -0.1) is 0 Å². The molecule has 0 bridgehead atoms. The Morgan fingerprint density at radius 3 is 2.94 bits per heavy atom. The van der Waals surface area contributed by atoms with Crippen molar-refractivity contribution in [3.63, 3.8) is 0 Å². The van der Waals surface area contributed by atoms with E-state index in [0.717, 1.165) is 23.9 Å². The lowest BCUT2D eigenvalue weighted by Crippen LogP contribution is -2.24. The summed E-state index contributed by atoms with van der Waals surface area (Å²) in [6.45, 7) is 0.288. The molecule has 6 heteroatoms. The number of hydrogen-bond acceptors (Lipinski definition) is 4. The van der Waals surface area contributed by atoms with Gasteiger partial charge < -0.3 is 10.8 Å². The molecule has 2 aromatic heterocycles. The van der Waals surface area contributed by atoms with E-state index in [1.807, 2.05) is 2.78 Å². The van der Waals surface area contributed by atoms with Gasteiger partial charge >= 0.3 is 0 Å². The second-order valence-electron chi connectivity index (χ2n) is 4.57. The molecule has 0 unspecified atom stereocenters. The topological polar surface area (TPSA) is 77.0 Å². The first kappa shape index (κ1) is 11.2. The molecule has 3 N–H and O–H groups in total. The summed E-state index contributed by atoms with van der Waals surface area (Å²) in [5.74, 6) is 1.47. The van der Waals surface area contributed by atoms with Crippen LogP contribution in [-0.2, 0) is 0 Å². The summed E-state index contributed by atoms with van der Waals surface area (Å²) in [4.78, 5) is 8.35. The maximum atomic E-state index is 9.06. The van der Waals surface area contributed by atoms with E-state index < -0.39 is 0 Å². The summed E-state index contributed by atoms with van der Waals surface area (Å²) < 4.78 is 1.96. The minimum absolute atomic E-state index is 0.288. The number of aromatic nitrogens is 3. The first-order chi connectivity index (χ1) is 8.20. The lowest BCUT2D eigenvalue weighted by molar-refractivity contribution is 0.143. The number of aliphatic hydroxyl groups is 1. The Bertz CT molecular complexity index is 562. The van der Waals surface area contributed by atoms with Crippen LogP contribution in [0, 0.1) is 5.92 Å². The second kappa shape index (κ2) is 4.09. The zero-order valence-electron chi connectivity index (χ0n) is 9.17. The third-order valence-electron chi connectivity index (χ3n) is 3.52. The van der Waals surface area contributed by atoms with Gasteiger partial charge in [-0.2, -0.15) is 0 Å². The average molecular weight is 344 g/mol.